The number of fused-ring (bicyclic) bond motifs is 1. The smallest absolute Gasteiger partial charge is 0.244 e. The summed E-state index contributed by atoms with van der Waals surface area (Å²) >= 11 is 1.68. The Kier molecular flexibility index (Phi) is 7.74. The van der Waals surface area contributed by atoms with E-state index in [0.717, 1.165) is 25.7 Å². The zero-order chi connectivity index (χ0) is 25.6. The van der Waals surface area contributed by atoms with Gasteiger partial charge in [0.2, 0.25) is 17.7 Å². The van der Waals surface area contributed by atoms with Crippen LogP contribution >= 0.6 is 11.8 Å². The summed E-state index contributed by atoms with van der Waals surface area (Å²) < 4.78 is -0.625. The molecular weight excluding hydrogens is 450 g/mol. The summed E-state index contributed by atoms with van der Waals surface area (Å²) in [7, 11) is 0. The lowest BCUT2D eigenvalue weighted by atomic mass is 9.70. The van der Waals surface area contributed by atoms with Crippen molar-refractivity contribution in [3.8, 4) is 0 Å². The van der Waals surface area contributed by atoms with Crippen molar-refractivity contribution in [3.05, 3.63) is 0 Å². The van der Waals surface area contributed by atoms with Gasteiger partial charge in [-0.25, -0.2) is 0 Å². The van der Waals surface area contributed by atoms with Gasteiger partial charge in [0, 0.05) is 17.3 Å². The number of aliphatic hydroxyl groups is 1. The number of rotatable bonds is 9. The Morgan fingerprint density at radius 2 is 1.85 bits per heavy atom. The first-order valence-electron chi connectivity index (χ1n) is 12.9. The second-order valence-electron chi connectivity index (χ2n) is 12.7. The molecule has 8 heteroatoms. The highest BCUT2D eigenvalue weighted by Crippen LogP contribution is 2.66. The Morgan fingerprint density at radius 3 is 2.38 bits per heavy atom. The van der Waals surface area contributed by atoms with Crippen LogP contribution in [0.3, 0.4) is 0 Å². The van der Waals surface area contributed by atoms with E-state index in [0.29, 0.717) is 6.54 Å². The first-order chi connectivity index (χ1) is 15.7. The van der Waals surface area contributed by atoms with E-state index in [1.54, 1.807) is 16.7 Å². The number of carbonyl (C=O) groups is 3. The van der Waals surface area contributed by atoms with Crippen molar-refractivity contribution in [3.63, 3.8) is 0 Å². The lowest BCUT2D eigenvalue weighted by Gasteiger charge is -2.41. The molecule has 2 bridgehead atoms. The number of hydrogen-bond donors (Lipinski definition) is 3. The van der Waals surface area contributed by atoms with E-state index in [2.05, 4.69) is 31.4 Å². The van der Waals surface area contributed by atoms with E-state index in [-0.39, 0.29) is 40.9 Å². The van der Waals surface area contributed by atoms with Gasteiger partial charge in [-0.15, -0.1) is 11.8 Å². The summed E-state index contributed by atoms with van der Waals surface area (Å²) in [6, 6.07) is -1.16. The van der Waals surface area contributed by atoms with E-state index in [4.69, 9.17) is 0 Å². The number of amides is 3. The van der Waals surface area contributed by atoms with Gasteiger partial charge in [-0.2, -0.15) is 0 Å². The molecule has 3 aliphatic heterocycles. The van der Waals surface area contributed by atoms with Gasteiger partial charge >= 0.3 is 0 Å². The molecule has 0 aromatic rings. The number of carbonyl (C=O) groups excluding carboxylic acids is 3. The Balaban J connectivity index is 2.01. The molecule has 3 fully saturated rings. The zero-order valence-electron chi connectivity index (χ0n) is 22.2. The van der Waals surface area contributed by atoms with Crippen molar-refractivity contribution in [1.29, 1.82) is 0 Å². The van der Waals surface area contributed by atoms with Crippen LogP contribution in [-0.2, 0) is 14.4 Å². The van der Waals surface area contributed by atoms with Crippen LogP contribution in [0, 0.1) is 23.2 Å². The third-order valence-electron chi connectivity index (χ3n) is 7.59. The molecule has 1 spiro atoms. The fourth-order valence-corrected chi connectivity index (χ4v) is 9.01. The highest BCUT2D eigenvalue weighted by atomic mass is 32.2. The van der Waals surface area contributed by atoms with Crippen molar-refractivity contribution in [2.75, 3.05) is 13.2 Å². The van der Waals surface area contributed by atoms with Crippen LogP contribution in [0.25, 0.3) is 0 Å². The second-order valence-corrected chi connectivity index (χ2v) is 14.3. The standard InChI is InChI=1S/C26H45N3O4S/c1-9-12-27-21(31)18-17-10-11-26(34-17)19(18)23(33)29(16(13-30)15(2)3)20(26)22(32)28-25(7,8)14-24(4,5)6/h15-20,30H,9-14H2,1-8H3,(H,27,31)(H,28,32)/t16-,17+,18-,19-,20?,26?/m0/s1. The molecule has 3 heterocycles. The molecule has 194 valence electrons. The van der Waals surface area contributed by atoms with Crippen LogP contribution in [0.1, 0.15) is 81.1 Å². The Labute approximate surface area is 209 Å². The van der Waals surface area contributed by atoms with Crippen molar-refractivity contribution < 1.29 is 19.5 Å². The van der Waals surface area contributed by atoms with Gasteiger partial charge in [-0.3, -0.25) is 14.4 Å². The molecule has 0 aromatic carbocycles. The number of nitrogens with zero attached hydrogens (tertiary/aromatic N) is 1. The predicted octanol–water partition coefficient (Wildman–Crippen LogP) is 2.95. The molecule has 3 aliphatic rings. The maximum atomic E-state index is 14.0. The lowest BCUT2D eigenvalue weighted by Crippen LogP contribution is -2.60. The topological polar surface area (TPSA) is 98.7 Å². The summed E-state index contributed by atoms with van der Waals surface area (Å²) in [6.45, 7) is 16.8. The van der Waals surface area contributed by atoms with E-state index < -0.39 is 34.2 Å². The van der Waals surface area contributed by atoms with Crippen LogP contribution in [0.2, 0.25) is 0 Å². The van der Waals surface area contributed by atoms with Crippen LogP contribution in [-0.4, -0.2) is 68.5 Å². The molecule has 3 saturated heterocycles. The van der Waals surface area contributed by atoms with Gasteiger partial charge < -0.3 is 20.6 Å². The quantitative estimate of drug-likeness (QED) is 0.457. The second kappa shape index (κ2) is 9.64. The first-order valence-corrected chi connectivity index (χ1v) is 13.8. The van der Waals surface area contributed by atoms with Gasteiger partial charge in [0.05, 0.1) is 29.2 Å². The van der Waals surface area contributed by atoms with Gasteiger partial charge in [-0.1, -0.05) is 41.5 Å². The first kappa shape index (κ1) is 27.3. The number of hydrogen-bond acceptors (Lipinski definition) is 5. The van der Waals surface area contributed by atoms with E-state index >= 15 is 0 Å². The largest absolute Gasteiger partial charge is 0.394 e. The Hall–Kier alpha value is -1.28. The SMILES string of the molecule is CCCNC(=O)[C@@H]1[C@H]2C(=O)N([C@@H](CO)C(C)C)C(C(=O)NC(C)(C)CC(C)(C)C)C23CC[C@H]1S3. The number of thioether (sulfide) groups is 1. The average molecular weight is 496 g/mol. The van der Waals surface area contributed by atoms with Crippen LogP contribution in [0.5, 0.6) is 0 Å². The van der Waals surface area contributed by atoms with Gasteiger partial charge in [0.25, 0.3) is 0 Å². The molecule has 6 atom stereocenters. The predicted molar refractivity (Wildman–Crippen MR) is 136 cm³/mol. The van der Waals surface area contributed by atoms with Gasteiger partial charge in [-0.05, 0) is 50.9 Å². The Bertz CT molecular complexity index is 808. The highest BCUT2D eigenvalue weighted by Gasteiger charge is 2.74. The molecule has 0 aromatic heterocycles. The number of aliphatic hydroxyl groups excluding tert-OH is 1. The summed E-state index contributed by atoms with van der Waals surface area (Å²) in [6.07, 6.45) is 3.18. The van der Waals surface area contributed by atoms with E-state index in [1.807, 2.05) is 34.6 Å². The molecule has 34 heavy (non-hydrogen) atoms. The van der Waals surface area contributed by atoms with Crippen LogP contribution < -0.4 is 10.6 Å². The monoisotopic (exact) mass is 495 g/mol. The summed E-state index contributed by atoms with van der Waals surface area (Å²) in [5.74, 6) is -1.34. The van der Waals surface area contributed by atoms with Crippen LogP contribution in [0.15, 0.2) is 0 Å². The minimum absolute atomic E-state index is 0.0170. The minimum Gasteiger partial charge on any atom is -0.394 e. The normalized spacial score (nSPS) is 31.7. The molecule has 2 unspecified atom stereocenters. The zero-order valence-corrected chi connectivity index (χ0v) is 23.1. The number of nitrogens with one attached hydrogen (secondary N) is 2. The summed E-state index contributed by atoms with van der Waals surface area (Å²) in [5.41, 5.74) is -0.429. The minimum atomic E-state index is -0.692. The van der Waals surface area contributed by atoms with Crippen molar-refractivity contribution in [2.24, 2.45) is 23.2 Å². The molecule has 0 saturated carbocycles. The fourth-order valence-electron chi connectivity index (χ4n) is 6.81. The van der Waals surface area contributed by atoms with Crippen molar-refractivity contribution in [1.82, 2.24) is 15.5 Å². The maximum absolute atomic E-state index is 14.0. The van der Waals surface area contributed by atoms with E-state index in [1.165, 1.54) is 0 Å². The van der Waals surface area contributed by atoms with Gasteiger partial charge in [0.1, 0.15) is 6.04 Å². The average Bonchev–Trinajstić information content (AvgIpc) is 3.32. The third kappa shape index (κ3) is 4.86. The lowest BCUT2D eigenvalue weighted by molar-refractivity contribution is -0.144. The van der Waals surface area contributed by atoms with Crippen molar-refractivity contribution >= 4 is 29.5 Å². The Morgan fingerprint density at radius 1 is 1.21 bits per heavy atom. The molecule has 7 nitrogen and oxygen atoms in total. The van der Waals surface area contributed by atoms with E-state index in [9.17, 15) is 19.5 Å². The molecule has 0 aliphatic carbocycles. The maximum Gasteiger partial charge on any atom is 0.244 e. The third-order valence-corrected chi connectivity index (χ3v) is 9.54. The van der Waals surface area contributed by atoms with Crippen LogP contribution in [0.4, 0.5) is 0 Å². The highest BCUT2D eigenvalue weighted by molar-refractivity contribution is 8.02. The molecule has 3 rings (SSSR count). The molecule has 3 N–H and O–H groups in total. The number of likely N-dealkylation sites (tertiary alicyclic amines) is 1. The molecule has 0 radical (unpaired) electrons. The fraction of sp³-hybridized carbons (Fsp3) is 0.885. The summed E-state index contributed by atoms with van der Waals surface area (Å²) in [5, 5.41) is 16.6. The molecule has 3 amide bonds. The van der Waals surface area contributed by atoms with Gasteiger partial charge in [0.15, 0.2) is 0 Å². The summed E-state index contributed by atoms with van der Waals surface area (Å²) in [4.78, 5) is 42.9. The van der Waals surface area contributed by atoms with Crippen molar-refractivity contribution in [2.45, 2.75) is 109 Å². The molecular formula is C26H45N3O4S.